The van der Waals surface area contributed by atoms with Crippen molar-refractivity contribution < 1.29 is 4.39 Å². The van der Waals surface area contributed by atoms with Crippen LogP contribution in [-0.2, 0) is 0 Å². The van der Waals surface area contributed by atoms with Gasteiger partial charge in [-0.2, -0.15) is 4.68 Å². The standard InChI is InChI=1S/C19H23FN6O2/c1-11-16-14(18(27)26(21)19(28)25(16)13-3-4-13)9-15(20)17(11)24-8-5-12(10-24)23-7-6-22-2/h9,12-13,23H,3-8,10,21H2,1H3. The molecule has 2 fully saturated rings. The molecule has 0 bridgehead atoms. The van der Waals surface area contributed by atoms with Gasteiger partial charge in [-0.15, -0.1) is 0 Å². The monoisotopic (exact) mass is 386 g/mol. The lowest BCUT2D eigenvalue weighted by atomic mass is 10.1. The van der Waals surface area contributed by atoms with Crippen LogP contribution in [0, 0.1) is 19.3 Å². The zero-order chi connectivity index (χ0) is 20.0. The van der Waals surface area contributed by atoms with E-state index in [1.54, 1.807) is 11.5 Å². The summed E-state index contributed by atoms with van der Waals surface area (Å²) in [5.41, 5.74) is 0.287. The molecule has 1 aliphatic carbocycles. The Morgan fingerprint density at radius 1 is 1.36 bits per heavy atom. The molecular weight excluding hydrogens is 363 g/mol. The zero-order valence-electron chi connectivity index (χ0n) is 15.7. The minimum atomic E-state index is -0.675. The Kier molecular flexibility index (Phi) is 4.59. The third-order valence-electron chi connectivity index (χ3n) is 5.64. The van der Waals surface area contributed by atoms with E-state index >= 15 is 4.39 Å². The molecule has 1 unspecified atom stereocenters. The van der Waals surface area contributed by atoms with Gasteiger partial charge in [0, 0.05) is 30.7 Å². The highest BCUT2D eigenvalue weighted by atomic mass is 19.1. The number of nitrogen functional groups attached to an aromatic ring is 1. The number of nitrogens with zero attached hydrogens (tertiary/aromatic N) is 4. The quantitative estimate of drug-likeness (QED) is 0.450. The molecule has 0 amide bonds. The Hall–Kier alpha value is -2.86. The van der Waals surface area contributed by atoms with Crippen LogP contribution in [0.3, 0.4) is 0 Å². The molecule has 1 atom stereocenters. The molecule has 3 N–H and O–H groups in total. The maximum atomic E-state index is 15.0. The number of benzene rings is 1. The van der Waals surface area contributed by atoms with Crippen LogP contribution in [0.4, 0.5) is 10.1 Å². The number of nitrogens with two attached hydrogens (primary N) is 1. The van der Waals surface area contributed by atoms with Crippen molar-refractivity contribution in [1.29, 1.82) is 0 Å². The number of hydrogen-bond acceptors (Lipinski definition) is 5. The predicted molar refractivity (Wildman–Crippen MR) is 106 cm³/mol. The summed E-state index contributed by atoms with van der Waals surface area (Å²) in [6.07, 6.45) is 2.53. The van der Waals surface area contributed by atoms with Crippen LogP contribution < -0.4 is 27.3 Å². The first-order chi connectivity index (χ1) is 13.4. The van der Waals surface area contributed by atoms with Gasteiger partial charge in [0.2, 0.25) is 6.54 Å². The van der Waals surface area contributed by atoms with Gasteiger partial charge in [-0.05, 0) is 32.3 Å². The third-order valence-corrected chi connectivity index (χ3v) is 5.64. The molecule has 2 aromatic rings. The lowest BCUT2D eigenvalue weighted by Crippen LogP contribution is -2.44. The van der Waals surface area contributed by atoms with Crippen LogP contribution in [-0.4, -0.2) is 41.5 Å². The van der Waals surface area contributed by atoms with Gasteiger partial charge in [-0.25, -0.2) is 15.8 Å². The Labute approximate surface area is 161 Å². The van der Waals surface area contributed by atoms with Crippen LogP contribution in [0.2, 0.25) is 0 Å². The summed E-state index contributed by atoms with van der Waals surface area (Å²) in [7, 11) is 0. The summed E-state index contributed by atoms with van der Waals surface area (Å²) in [6, 6.07) is 1.39. The van der Waals surface area contributed by atoms with E-state index in [0.29, 0.717) is 47.6 Å². The topological polar surface area (TPSA) is 89.7 Å². The highest BCUT2D eigenvalue weighted by Crippen LogP contribution is 2.38. The van der Waals surface area contributed by atoms with Gasteiger partial charge in [-0.3, -0.25) is 9.36 Å². The number of rotatable bonds is 5. The molecule has 9 heteroatoms. The van der Waals surface area contributed by atoms with E-state index < -0.39 is 17.1 Å². The van der Waals surface area contributed by atoms with Crippen LogP contribution in [0.5, 0.6) is 0 Å². The number of halogens is 1. The lowest BCUT2D eigenvalue weighted by molar-refractivity contribution is 0.566. The third kappa shape index (κ3) is 2.94. The molecule has 1 aromatic carbocycles. The molecule has 28 heavy (non-hydrogen) atoms. The van der Waals surface area contributed by atoms with Gasteiger partial charge in [0.1, 0.15) is 5.82 Å². The molecule has 0 spiro atoms. The lowest BCUT2D eigenvalue weighted by Gasteiger charge is -2.24. The van der Waals surface area contributed by atoms with Crippen molar-refractivity contribution in [3.05, 3.63) is 49.7 Å². The van der Waals surface area contributed by atoms with Crippen molar-refractivity contribution in [3.63, 3.8) is 0 Å². The Balaban J connectivity index is 1.80. The van der Waals surface area contributed by atoms with Crippen LogP contribution in [0.25, 0.3) is 15.7 Å². The fraction of sp³-hybridized carbons (Fsp3) is 0.526. The van der Waals surface area contributed by atoms with Gasteiger partial charge < -0.3 is 20.9 Å². The summed E-state index contributed by atoms with van der Waals surface area (Å²) in [6.45, 7) is 10.9. The van der Waals surface area contributed by atoms with Crippen molar-refractivity contribution in [2.75, 3.05) is 36.9 Å². The summed E-state index contributed by atoms with van der Waals surface area (Å²) in [5.74, 6) is 5.18. The second kappa shape index (κ2) is 6.95. The molecule has 148 valence electrons. The van der Waals surface area contributed by atoms with E-state index in [1.165, 1.54) is 6.07 Å². The largest absolute Gasteiger partial charge is 0.367 e. The molecule has 8 nitrogen and oxygen atoms in total. The summed E-state index contributed by atoms with van der Waals surface area (Å²) in [4.78, 5) is 30.4. The van der Waals surface area contributed by atoms with E-state index in [9.17, 15) is 9.59 Å². The summed E-state index contributed by atoms with van der Waals surface area (Å²) in [5, 5.41) is 3.46. The minimum absolute atomic E-state index is 0.00373. The molecule has 1 aromatic heterocycles. The molecule has 1 aliphatic heterocycles. The first kappa shape index (κ1) is 18.5. The van der Waals surface area contributed by atoms with Gasteiger partial charge in [0.25, 0.3) is 5.56 Å². The molecule has 2 heterocycles. The Morgan fingerprint density at radius 2 is 2.11 bits per heavy atom. The average molecular weight is 386 g/mol. The van der Waals surface area contributed by atoms with Gasteiger partial charge in [-0.1, -0.05) is 0 Å². The number of hydrogen-bond donors (Lipinski definition) is 2. The van der Waals surface area contributed by atoms with Gasteiger partial charge >= 0.3 is 5.69 Å². The molecule has 2 aliphatic rings. The molecule has 1 saturated carbocycles. The molecule has 1 saturated heterocycles. The van der Waals surface area contributed by atoms with E-state index in [4.69, 9.17) is 12.4 Å². The van der Waals surface area contributed by atoms with E-state index in [0.717, 1.165) is 19.3 Å². The second-order valence-corrected chi connectivity index (χ2v) is 7.55. The first-order valence-electron chi connectivity index (χ1n) is 9.51. The van der Waals surface area contributed by atoms with Crippen molar-refractivity contribution in [2.45, 2.75) is 38.3 Å². The number of nitrogens with one attached hydrogen (secondary N) is 1. The van der Waals surface area contributed by atoms with E-state index in [2.05, 4.69) is 10.2 Å². The Bertz CT molecular complexity index is 1100. The van der Waals surface area contributed by atoms with Gasteiger partial charge in [0.15, 0.2) is 0 Å². The van der Waals surface area contributed by atoms with Crippen LogP contribution in [0.1, 0.15) is 30.9 Å². The van der Waals surface area contributed by atoms with Gasteiger partial charge in [0.05, 0.1) is 23.1 Å². The highest BCUT2D eigenvalue weighted by Gasteiger charge is 2.32. The molecule has 4 rings (SSSR count). The zero-order valence-corrected chi connectivity index (χ0v) is 15.7. The number of anilines is 1. The van der Waals surface area contributed by atoms with Crippen molar-refractivity contribution in [2.24, 2.45) is 0 Å². The fourth-order valence-corrected chi connectivity index (χ4v) is 4.17. The maximum absolute atomic E-state index is 15.0. The smallest absolute Gasteiger partial charge is 0.350 e. The average Bonchev–Trinajstić information content (AvgIpc) is 3.40. The Morgan fingerprint density at radius 3 is 2.79 bits per heavy atom. The number of aryl methyl sites for hydroxylation is 1. The summed E-state index contributed by atoms with van der Waals surface area (Å²) < 4.78 is 17.2. The maximum Gasteiger partial charge on any atom is 0.350 e. The van der Waals surface area contributed by atoms with Crippen LogP contribution >= 0.6 is 0 Å². The minimum Gasteiger partial charge on any atom is -0.367 e. The number of aromatic nitrogens is 2. The first-order valence-corrected chi connectivity index (χ1v) is 9.51. The van der Waals surface area contributed by atoms with E-state index in [-0.39, 0.29) is 17.5 Å². The summed E-state index contributed by atoms with van der Waals surface area (Å²) >= 11 is 0. The molecule has 0 radical (unpaired) electrons. The van der Waals surface area contributed by atoms with E-state index in [1.807, 2.05) is 4.90 Å². The van der Waals surface area contributed by atoms with Crippen molar-refractivity contribution in [1.82, 2.24) is 14.6 Å². The highest BCUT2D eigenvalue weighted by molar-refractivity contribution is 5.87. The SMILES string of the molecule is [C-]#[N+]CCNC1CCN(c2c(F)cc3c(=O)n(N)c(=O)n(C4CC4)c3c2C)C1. The number of fused-ring (bicyclic) bond motifs is 1. The second-order valence-electron chi connectivity index (χ2n) is 7.55. The van der Waals surface area contributed by atoms with Crippen LogP contribution in [0.15, 0.2) is 15.7 Å². The predicted octanol–water partition coefficient (Wildman–Crippen LogP) is 0.747. The molecular formula is C19H23FN6O2. The van der Waals surface area contributed by atoms with Crippen molar-refractivity contribution in [3.8, 4) is 0 Å². The normalized spacial score (nSPS) is 19.3. The fourth-order valence-electron chi connectivity index (χ4n) is 4.17. The van der Waals surface area contributed by atoms with Crippen molar-refractivity contribution >= 4 is 16.6 Å².